The first-order chi connectivity index (χ1) is 18.3. The molecule has 0 aliphatic carbocycles. The van der Waals surface area contributed by atoms with Gasteiger partial charge in [0.05, 0.1) is 33.7 Å². The zero-order valence-electron chi connectivity index (χ0n) is 22.7. The molecule has 1 aromatic heterocycles. The van der Waals surface area contributed by atoms with Crippen LogP contribution in [-0.2, 0) is 11.2 Å². The van der Waals surface area contributed by atoms with E-state index in [0.717, 1.165) is 35.5 Å². The number of nitrogens with two attached hydrogens (primary N) is 1. The van der Waals surface area contributed by atoms with Crippen LogP contribution in [0.5, 0.6) is 17.2 Å². The Balaban J connectivity index is 1.65. The van der Waals surface area contributed by atoms with Gasteiger partial charge in [0, 0.05) is 23.7 Å². The van der Waals surface area contributed by atoms with Crippen LogP contribution in [-0.4, -0.2) is 67.6 Å². The van der Waals surface area contributed by atoms with Gasteiger partial charge in [0.15, 0.2) is 11.5 Å². The lowest BCUT2D eigenvalue weighted by Crippen LogP contribution is -2.41. The first kappa shape index (κ1) is 26.9. The Labute approximate surface area is 223 Å². The van der Waals surface area contributed by atoms with Crippen LogP contribution in [0, 0.1) is 6.92 Å². The second-order valence-electron chi connectivity index (χ2n) is 8.95. The lowest BCUT2D eigenvalue weighted by Gasteiger charge is -2.25. The SMILES string of the molecule is CCN(CC)CN1C(=O)/C(=N/c2ncc(Cc3cc(OC)c(OC)c(OC)c3)c(N)n2)c2cc(C)ccc21. The molecular formula is C28H34N6O4. The highest BCUT2D eigenvalue weighted by Crippen LogP contribution is 2.39. The van der Waals surface area contributed by atoms with Gasteiger partial charge in [-0.1, -0.05) is 25.5 Å². The zero-order chi connectivity index (χ0) is 27.4. The van der Waals surface area contributed by atoms with Gasteiger partial charge < -0.3 is 19.9 Å². The summed E-state index contributed by atoms with van der Waals surface area (Å²) in [7, 11) is 4.70. The molecule has 10 heteroatoms. The molecular weight excluding hydrogens is 484 g/mol. The number of aryl methyl sites for hydroxylation is 1. The fourth-order valence-electron chi connectivity index (χ4n) is 4.46. The molecule has 4 rings (SSSR count). The van der Waals surface area contributed by atoms with E-state index in [1.165, 1.54) is 0 Å². The lowest BCUT2D eigenvalue weighted by atomic mass is 10.1. The summed E-state index contributed by atoms with van der Waals surface area (Å²) in [6, 6.07) is 9.64. The molecule has 0 bridgehead atoms. The smallest absolute Gasteiger partial charge is 0.278 e. The van der Waals surface area contributed by atoms with Gasteiger partial charge in [-0.2, -0.15) is 4.98 Å². The second kappa shape index (κ2) is 11.5. The third-order valence-corrected chi connectivity index (χ3v) is 6.60. The Morgan fingerprint density at radius 1 is 1.03 bits per heavy atom. The second-order valence-corrected chi connectivity index (χ2v) is 8.95. The number of nitrogen functional groups attached to an aromatic ring is 1. The Morgan fingerprint density at radius 2 is 1.71 bits per heavy atom. The summed E-state index contributed by atoms with van der Waals surface area (Å²) in [6.07, 6.45) is 2.08. The van der Waals surface area contributed by atoms with E-state index >= 15 is 0 Å². The van der Waals surface area contributed by atoms with Crippen LogP contribution in [0.3, 0.4) is 0 Å². The number of aliphatic imine (C=N–C) groups is 1. The molecule has 0 fully saturated rings. The van der Waals surface area contributed by atoms with Crippen LogP contribution in [0.25, 0.3) is 0 Å². The molecule has 0 saturated carbocycles. The lowest BCUT2D eigenvalue weighted by molar-refractivity contribution is -0.112. The number of nitrogens with zero attached hydrogens (tertiary/aromatic N) is 5. The number of methoxy groups -OCH3 is 3. The molecule has 38 heavy (non-hydrogen) atoms. The largest absolute Gasteiger partial charge is 0.493 e. The molecule has 3 aromatic rings. The third-order valence-electron chi connectivity index (χ3n) is 6.60. The summed E-state index contributed by atoms with van der Waals surface area (Å²) in [4.78, 5) is 30.8. The number of carbonyl (C=O) groups is 1. The van der Waals surface area contributed by atoms with E-state index in [9.17, 15) is 4.79 Å². The summed E-state index contributed by atoms with van der Waals surface area (Å²) in [6.45, 7) is 8.29. The highest BCUT2D eigenvalue weighted by molar-refractivity contribution is 6.54. The topological polar surface area (TPSA) is 115 Å². The fraction of sp³-hybridized carbons (Fsp3) is 0.357. The molecule has 0 unspecified atom stereocenters. The van der Waals surface area contributed by atoms with Crippen LogP contribution < -0.4 is 24.8 Å². The quantitative estimate of drug-likeness (QED) is 0.432. The van der Waals surface area contributed by atoms with Crippen LogP contribution in [0.1, 0.15) is 36.1 Å². The van der Waals surface area contributed by atoms with Gasteiger partial charge in [-0.15, -0.1) is 0 Å². The number of rotatable bonds is 10. The van der Waals surface area contributed by atoms with E-state index in [1.54, 1.807) is 32.4 Å². The molecule has 200 valence electrons. The van der Waals surface area contributed by atoms with Crippen molar-refractivity contribution in [2.24, 2.45) is 4.99 Å². The number of hydrogen-bond donors (Lipinski definition) is 1. The first-order valence-electron chi connectivity index (χ1n) is 12.5. The number of hydrogen-bond acceptors (Lipinski definition) is 9. The molecule has 10 nitrogen and oxygen atoms in total. The minimum atomic E-state index is -0.179. The predicted octanol–water partition coefficient (Wildman–Crippen LogP) is 3.75. The Kier molecular flexibility index (Phi) is 8.11. The zero-order valence-corrected chi connectivity index (χ0v) is 22.7. The minimum absolute atomic E-state index is 0.136. The third kappa shape index (κ3) is 5.26. The van der Waals surface area contributed by atoms with Gasteiger partial charge in [-0.05, 0) is 49.8 Å². The Bertz CT molecular complexity index is 1340. The van der Waals surface area contributed by atoms with Crippen molar-refractivity contribution >= 4 is 29.1 Å². The molecule has 1 aliphatic rings. The summed E-state index contributed by atoms with van der Waals surface area (Å²) in [5.41, 5.74) is 10.9. The summed E-state index contributed by atoms with van der Waals surface area (Å²) >= 11 is 0. The number of fused-ring (bicyclic) bond motifs is 1. The molecule has 0 atom stereocenters. The summed E-state index contributed by atoms with van der Waals surface area (Å²) in [5.74, 6) is 1.85. The van der Waals surface area contributed by atoms with Crippen molar-refractivity contribution in [1.82, 2.24) is 14.9 Å². The molecule has 0 saturated heterocycles. The molecule has 2 N–H and O–H groups in total. The van der Waals surface area contributed by atoms with Crippen molar-refractivity contribution < 1.29 is 19.0 Å². The van der Waals surface area contributed by atoms with E-state index in [0.29, 0.717) is 41.6 Å². The van der Waals surface area contributed by atoms with E-state index in [4.69, 9.17) is 19.9 Å². The number of benzene rings is 2. The van der Waals surface area contributed by atoms with E-state index in [-0.39, 0.29) is 17.7 Å². The summed E-state index contributed by atoms with van der Waals surface area (Å²) < 4.78 is 16.3. The van der Waals surface area contributed by atoms with Crippen LogP contribution in [0.2, 0.25) is 0 Å². The van der Waals surface area contributed by atoms with Gasteiger partial charge >= 0.3 is 0 Å². The van der Waals surface area contributed by atoms with Crippen molar-refractivity contribution in [2.45, 2.75) is 27.2 Å². The molecule has 1 amide bonds. The summed E-state index contributed by atoms with van der Waals surface area (Å²) in [5, 5.41) is 0. The van der Waals surface area contributed by atoms with Gasteiger partial charge in [-0.3, -0.25) is 14.6 Å². The average Bonchev–Trinajstić information content (AvgIpc) is 3.17. The normalized spacial score (nSPS) is 13.8. The van der Waals surface area contributed by atoms with Crippen LogP contribution >= 0.6 is 0 Å². The molecule has 0 spiro atoms. The van der Waals surface area contributed by atoms with Crippen LogP contribution in [0.15, 0.2) is 41.5 Å². The Morgan fingerprint density at radius 3 is 2.29 bits per heavy atom. The first-order valence-corrected chi connectivity index (χ1v) is 12.5. The van der Waals surface area contributed by atoms with Crippen LogP contribution in [0.4, 0.5) is 17.5 Å². The van der Waals surface area contributed by atoms with Gasteiger partial charge in [0.1, 0.15) is 11.5 Å². The van der Waals surface area contributed by atoms with Crippen molar-refractivity contribution in [3.8, 4) is 17.2 Å². The fourth-order valence-corrected chi connectivity index (χ4v) is 4.46. The highest BCUT2D eigenvalue weighted by Gasteiger charge is 2.35. The van der Waals surface area contributed by atoms with E-state index in [1.807, 2.05) is 37.3 Å². The van der Waals surface area contributed by atoms with Gasteiger partial charge in [0.2, 0.25) is 5.75 Å². The number of anilines is 2. The van der Waals surface area contributed by atoms with Gasteiger partial charge in [-0.25, -0.2) is 9.98 Å². The van der Waals surface area contributed by atoms with E-state index < -0.39 is 0 Å². The standard InChI is InChI=1S/C28H34N6O4/c1-7-33(8-2)16-34-21-10-9-17(3)11-20(21)24(27(34)35)31-28-30-15-19(26(29)32-28)12-18-13-22(36-4)25(38-6)23(14-18)37-5/h9-11,13-15H,7-8,12,16H2,1-6H3,(H2,29,30,32)/b31-24+. The van der Waals surface area contributed by atoms with Crippen molar-refractivity contribution in [1.29, 1.82) is 0 Å². The number of carbonyl (C=O) groups excluding carboxylic acids is 1. The molecule has 0 radical (unpaired) electrons. The van der Waals surface area contributed by atoms with E-state index in [2.05, 4.69) is 33.7 Å². The highest BCUT2D eigenvalue weighted by atomic mass is 16.5. The maximum Gasteiger partial charge on any atom is 0.278 e. The predicted molar refractivity (Wildman–Crippen MR) is 148 cm³/mol. The average molecular weight is 519 g/mol. The minimum Gasteiger partial charge on any atom is -0.493 e. The molecule has 2 aromatic carbocycles. The number of amides is 1. The number of ether oxygens (including phenoxy) is 3. The Hall–Kier alpha value is -4.18. The monoisotopic (exact) mass is 518 g/mol. The van der Waals surface area contributed by atoms with Gasteiger partial charge in [0.25, 0.3) is 11.9 Å². The van der Waals surface area contributed by atoms with Crippen molar-refractivity contribution in [3.05, 3.63) is 58.8 Å². The van der Waals surface area contributed by atoms with Crippen molar-refractivity contribution in [2.75, 3.05) is 51.7 Å². The number of aromatic nitrogens is 2. The maximum atomic E-state index is 13.5. The maximum absolute atomic E-state index is 13.5. The molecule has 1 aliphatic heterocycles. The molecule has 2 heterocycles. The van der Waals surface area contributed by atoms with Crippen molar-refractivity contribution in [3.63, 3.8) is 0 Å².